The molecule has 58 valence electrons. The fourth-order valence-corrected chi connectivity index (χ4v) is 2.09. The summed E-state index contributed by atoms with van der Waals surface area (Å²) < 4.78 is 0. The molecule has 3 N–H and O–H groups in total. The number of carbonyl (C=O) groups is 1. The van der Waals surface area contributed by atoms with Crippen molar-refractivity contribution in [3.63, 3.8) is 0 Å². The standard InChI is InChI=1S/C6H12N2OS/c7-3-6(9)8-5-1-2-10-4-5/h5H,1-4,7H2,(H,8,9). The van der Waals surface area contributed by atoms with Crippen molar-refractivity contribution in [3.8, 4) is 0 Å². The number of thioether (sulfide) groups is 1. The lowest BCUT2D eigenvalue weighted by molar-refractivity contribution is -0.120. The maximum Gasteiger partial charge on any atom is 0.233 e. The summed E-state index contributed by atoms with van der Waals surface area (Å²) >= 11 is 1.88. The van der Waals surface area contributed by atoms with E-state index in [2.05, 4.69) is 5.32 Å². The van der Waals surface area contributed by atoms with Crippen molar-refractivity contribution in [2.75, 3.05) is 18.1 Å². The molecule has 0 aromatic heterocycles. The summed E-state index contributed by atoms with van der Waals surface area (Å²) in [5.41, 5.74) is 5.13. The Balaban J connectivity index is 2.17. The highest BCUT2D eigenvalue weighted by Crippen LogP contribution is 2.16. The zero-order chi connectivity index (χ0) is 7.40. The fourth-order valence-electron chi connectivity index (χ4n) is 0.935. The Morgan fingerprint density at radius 3 is 3.10 bits per heavy atom. The van der Waals surface area contributed by atoms with Gasteiger partial charge >= 0.3 is 0 Å². The highest BCUT2D eigenvalue weighted by atomic mass is 32.2. The van der Waals surface area contributed by atoms with Crippen LogP contribution in [-0.2, 0) is 4.79 Å². The fraction of sp³-hybridized carbons (Fsp3) is 0.833. The summed E-state index contributed by atoms with van der Waals surface area (Å²) in [4.78, 5) is 10.7. The van der Waals surface area contributed by atoms with E-state index in [0.29, 0.717) is 6.04 Å². The molecule has 1 atom stereocenters. The molecular formula is C6H12N2OS. The molecule has 1 saturated heterocycles. The van der Waals surface area contributed by atoms with Crippen molar-refractivity contribution < 1.29 is 4.79 Å². The van der Waals surface area contributed by atoms with E-state index in [-0.39, 0.29) is 12.5 Å². The van der Waals surface area contributed by atoms with E-state index >= 15 is 0 Å². The predicted molar refractivity (Wildman–Crippen MR) is 42.9 cm³/mol. The Hall–Kier alpha value is -0.220. The number of nitrogens with two attached hydrogens (primary N) is 1. The molecule has 0 bridgehead atoms. The molecule has 0 spiro atoms. The van der Waals surface area contributed by atoms with Gasteiger partial charge in [0, 0.05) is 11.8 Å². The van der Waals surface area contributed by atoms with Gasteiger partial charge in [0.1, 0.15) is 0 Å². The monoisotopic (exact) mass is 160 g/mol. The predicted octanol–water partition coefficient (Wildman–Crippen LogP) is -0.433. The Morgan fingerprint density at radius 2 is 2.60 bits per heavy atom. The van der Waals surface area contributed by atoms with Crippen molar-refractivity contribution in [1.29, 1.82) is 0 Å². The highest BCUT2D eigenvalue weighted by molar-refractivity contribution is 7.99. The third-order valence-electron chi connectivity index (χ3n) is 1.48. The van der Waals surface area contributed by atoms with Crippen molar-refractivity contribution in [3.05, 3.63) is 0 Å². The average Bonchev–Trinajstić information content (AvgIpc) is 2.40. The summed E-state index contributed by atoms with van der Waals surface area (Å²) in [5.74, 6) is 2.17. The molecule has 1 heterocycles. The normalized spacial score (nSPS) is 24.7. The summed E-state index contributed by atoms with van der Waals surface area (Å²) in [7, 11) is 0. The van der Waals surface area contributed by atoms with Crippen LogP contribution in [0, 0.1) is 0 Å². The van der Waals surface area contributed by atoms with Crippen LogP contribution in [0.25, 0.3) is 0 Å². The van der Waals surface area contributed by atoms with Gasteiger partial charge in [0.15, 0.2) is 0 Å². The topological polar surface area (TPSA) is 55.1 Å². The van der Waals surface area contributed by atoms with E-state index in [1.807, 2.05) is 11.8 Å². The van der Waals surface area contributed by atoms with Crippen molar-refractivity contribution >= 4 is 17.7 Å². The van der Waals surface area contributed by atoms with Crippen LogP contribution in [0.2, 0.25) is 0 Å². The Labute approximate surface area is 64.7 Å². The molecule has 0 aromatic rings. The molecule has 0 saturated carbocycles. The first-order valence-electron chi connectivity index (χ1n) is 3.40. The molecule has 1 unspecified atom stereocenters. The van der Waals surface area contributed by atoms with E-state index < -0.39 is 0 Å². The largest absolute Gasteiger partial charge is 0.351 e. The molecule has 1 fully saturated rings. The summed E-state index contributed by atoms with van der Waals surface area (Å²) in [6.07, 6.45) is 1.09. The molecule has 1 aliphatic heterocycles. The van der Waals surface area contributed by atoms with E-state index in [4.69, 9.17) is 5.73 Å². The molecule has 1 amide bonds. The maximum atomic E-state index is 10.7. The van der Waals surface area contributed by atoms with E-state index in [0.717, 1.165) is 17.9 Å². The van der Waals surface area contributed by atoms with Crippen molar-refractivity contribution in [2.45, 2.75) is 12.5 Å². The van der Waals surface area contributed by atoms with Gasteiger partial charge in [-0.2, -0.15) is 11.8 Å². The SMILES string of the molecule is NCC(=O)NC1CCSC1. The average molecular weight is 160 g/mol. The Kier molecular flexibility index (Phi) is 3.02. The molecule has 4 heteroatoms. The second-order valence-electron chi connectivity index (χ2n) is 2.33. The molecule has 1 aliphatic rings. The van der Waals surface area contributed by atoms with Crippen LogP contribution in [0.15, 0.2) is 0 Å². The molecule has 0 aromatic carbocycles. The van der Waals surface area contributed by atoms with Crippen LogP contribution in [0.3, 0.4) is 0 Å². The molecule has 3 nitrogen and oxygen atoms in total. The van der Waals surface area contributed by atoms with Crippen LogP contribution >= 0.6 is 11.8 Å². The van der Waals surface area contributed by atoms with Crippen molar-refractivity contribution in [1.82, 2.24) is 5.32 Å². The van der Waals surface area contributed by atoms with E-state index in [1.165, 1.54) is 0 Å². The first-order valence-corrected chi connectivity index (χ1v) is 4.55. The zero-order valence-corrected chi connectivity index (χ0v) is 6.62. The molecular weight excluding hydrogens is 148 g/mol. The van der Waals surface area contributed by atoms with E-state index in [1.54, 1.807) is 0 Å². The molecule has 10 heavy (non-hydrogen) atoms. The minimum atomic E-state index is -0.0347. The second-order valence-corrected chi connectivity index (χ2v) is 3.48. The molecule has 0 aliphatic carbocycles. The number of hydrogen-bond acceptors (Lipinski definition) is 3. The van der Waals surface area contributed by atoms with Gasteiger partial charge in [0.2, 0.25) is 5.91 Å². The van der Waals surface area contributed by atoms with Gasteiger partial charge < -0.3 is 11.1 Å². The lowest BCUT2D eigenvalue weighted by Gasteiger charge is -2.08. The van der Waals surface area contributed by atoms with Gasteiger partial charge in [-0.05, 0) is 12.2 Å². The maximum absolute atomic E-state index is 10.7. The Morgan fingerprint density at radius 1 is 1.80 bits per heavy atom. The number of rotatable bonds is 2. The molecule has 0 radical (unpaired) electrons. The van der Waals surface area contributed by atoms with Gasteiger partial charge in [0.05, 0.1) is 6.54 Å². The smallest absolute Gasteiger partial charge is 0.233 e. The van der Waals surface area contributed by atoms with Crippen molar-refractivity contribution in [2.24, 2.45) is 5.73 Å². The summed E-state index contributed by atoms with van der Waals surface area (Å²) in [6, 6.07) is 0.376. The second kappa shape index (κ2) is 3.83. The Bertz CT molecular complexity index is 123. The third-order valence-corrected chi connectivity index (χ3v) is 2.64. The van der Waals surface area contributed by atoms with Gasteiger partial charge in [-0.1, -0.05) is 0 Å². The lowest BCUT2D eigenvalue weighted by atomic mass is 10.2. The number of hydrogen-bond donors (Lipinski definition) is 2. The van der Waals surface area contributed by atoms with E-state index in [9.17, 15) is 4.79 Å². The zero-order valence-electron chi connectivity index (χ0n) is 5.80. The summed E-state index contributed by atoms with van der Waals surface area (Å²) in [6.45, 7) is 0.112. The van der Waals surface area contributed by atoms with Crippen LogP contribution in [-0.4, -0.2) is 30.0 Å². The van der Waals surface area contributed by atoms with Gasteiger partial charge in [-0.25, -0.2) is 0 Å². The quantitative estimate of drug-likeness (QED) is 0.576. The van der Waals surface area contributed by atoms with Crippen LogP contribution in [0.4, 0.5) is 0 Å². The minimum absolute atomic E-state index is 0.0347. The third kappa shape index (κ3) is 2.19. The first kappa shape index (κ1) is 7.88. The highest BCUT2D eigenvalue weighted by Gasteiger charge is 2.16. The summed E-state index contributed by atoms with van der Waals surface area (Å²) in [5, 5.41) is 2.84. The van der Waals surface area contributed by atoms with Gasteiger partial charge in [0.25, 0.3) is 0 Å². The van der Waals surface area contributed by atoms with Gasteiger partial charge in [-0.3, -0.25) is 4.79 Å². The van der Waals surface area contributed by atoms with Crippen LogP contribution < -0.4 is 11.1 Å². The first-order chi connectivity index (χ1) is 4.83. The van der Waals surface area contributed by atoms with Crippen LogP contribution in [0.5, 0.6) is 0 Å². The number of nitrogens with one attached hydrogen (secondary N) is 1. The van der Waals surface area contributed by atoms with Gasteiger partial charge in [-0.15, -0.1) is 0 Å². The number of amides is 1. The number of carbonyl (C=O) groups excluding carboxylic acids is 1. The lowest BCUT2D eigenvalue weighted by Crippen LogP contribution is -2.38. The molecule has 1 rings (SSSR count). The van der Waals surface area contributed by atoms with Crippen LogP contribution in [0.1, 0.15) is 6.42 Å². The minimum Gasteiger partial charge on any atom is -0.351 e.